The van der Waals surface area contributed by atoms with Crippen LogP contribution in [0.25, 0.3) is 24.4 Å². The second-order valence-electron chi connectivity index (χ2n) is 9.46. The van der Waals surface area contributed by atoms with Crippen LogP contribution in [-0.2, 0) is 24.1 Å². The molecule has 1 atom stereocenters. The average Bonchev–Trinajstić information content (AvgIpc) is 3.63. The van der Waals surface area contributed by atoms with E-state index >= 15 is 0 Å². The van der Waals surface area contributed by atoms with Crippen molar-refractivity contribution in [3.63, 3.8) is 0 Å². The number of nitrogens with one attached hydrogen (secondary N) is 1. The first-order valence-electron chi connectivity index (χ1n) is 13.5. The maximum atomic E-state index is 11.9. The molecule has 3 aromatic rings. The summed E-state index contributed by atoms with van der Waals surface area (Å²) in [6, 6.07) is 10.9. The molecule has 0 bridgehead atoms. The van der Waals surface area contributed by atoms with Crippen LogP contribution in [0, 0.1) is 6.57 Å². The second-order valence-corrected chi connectivity index (χ2v) is 12.9. The fourth-order valence-corrected chi connectivity index (χ4v) is 7.70. The molecule has 0 aromatic carbocycles. The van der Waals surface area contributed by atoms with Gasteiger partial charge in [-0.15, -0.1) is 34.0 Å². The molecule has 1 N–H and O–H groups in total. The minimum absolute atomic E-state index is 0.182. The van der Waals surface area contributed by atoms with Gasteiger partial charge in [-0.2, -0.15) is 0 Å². The topological polar surface area (TPSA) is 33.5 Å². The first-order chi connectivity index (χ1) is 17.5. The fourth-order valence-electron chi connectivity index (χ4n) is 4.21. The third kappa shape index (κ3) is 8.57. The Morgan fingerprint density at radius 3 is 2.17 bits per heavy atom. The van der Waals surface area contributed by atoms with E-state index in [1.165, 1.54) is 92.6 Å². The lowest BCUT2D eigenvalue weighted by Crippen LogP contribution is -2.32. The minimum Gasteiger partial charge on any atom is -0.349 e. The second kappa shape index (κ2) is 15.3. The molecule has 0 saturated heterocycles. The third-order valence-electron chi connectivity index (χ3n) is 6.42. The number of unbranched alkanes of at least 4 members (excludes halogenated alkanes) is 6. The van der Waals surface area contributed by atoms with Crippen molar-refractivity contribution < 1.29 is 4.79 Å². The summed E-state index contributed by atoms with van der Waals surface area (Å²) in [5.74, 6) is -0.182. The van der Waals surface area contributed by atoms with Crippen molar-refractivity contribution in [3.05, 3.63) is 57.1 Å². The summed E-state index contributed by atoms with van der Waals surface area (Å²) >= 11 is 5.75. The van der Waals surface area contributed by atoms with E-state index < -0.39 is 6.04 Å². The number of carbonyl (C=O) groups excluding carboxylic acids is 1. The minimum atomic E-state index is -0.613. The normalized spacial score (nSPS) is 11.9. The van der Waals surface area contributed by atoms with Gasteiger partial charge in [-0.3, -0.25) is 4.79 Å². The highest BCUT2D eigenvalue weighted by atomic mass is 32.1. The Hall–Kier alpha value is -1.94. The Morgan fingerprint density at radius 1 is 0.833 bits per heavy atom. The molecule has 0 fully saturated rings. The summed E-state index contributed by atoms with van der Waals surface area (Å²) in [6.45, 7) is 13.8. The van der Waals surface area contributed by atoms with Crippen LogP contribution >= 0.6 is 34.0 Å². The highest BCUT2D eigenvalue weighted by Gasteiger charge is 2.17. The first-order valence-corrected chi connectivity index (χ1v) is 16.0. The Bertz CT molecular complexity index is 1120. The Morgan fingerprint density at radius 2 is 1.47 bits per heavy atom. The molecule has 0 aliphatic heterocycles. The van der Waals surface area contributed by atoms with Crippen LogP contribution in [0.15, 0.2) is 30.3 Å². The monoisotopic (exact) mass is 540 g/mol. The summed E-state index contributed by atoms with van der Waals surface area (Å²) in [6.07, 6.45) is 13.5. The van der Waals surface area contributed by atoms with Crippen LogP contribution in [0.2, 0.25) is 0 Å². The van der Waals surface area contributed by atoms with E-state index in [2.05, 4.69) is 54.3 Å². The van der Waals surface area contributed by atoms with E-state index in [9.17, 15) is 4.79 Å². The molecular weight excluding hydrogens is 501 g/mol. The van der Waals surface area contributed by atoms with Crippen molar-refractivity contribution in [3.8, 4) is 19.5 Å². The molecule has 0 spiro atoms. The highest BCUT2D eigenvalue weighted by molar-refractivity contribution is 7.26. The van der Waals surface area contributed by atoms with Gasteiger partial charge in [0.15, 0.2) is 0 Å². The van der Waals surface area contributed by atoms with E-state index in [4.69, 9.17) is 6.57 Å². The lowest BCUT2D eigenvalue weighted by molar-refractivity contribution is -0.121. The first kappa shape index (κ1) is 28.6. The number of carbonyl (C=O) groups is 1. The summed E-state index contributed by atoms with van der Waals surface area (Å²) < 4.78 is 0. The summed E-state index contributed by atoms with van der Waals surface area (Å²) in [5.41, 5.74) is 1.50. The molecule has 0 radical (unpaired) electrons. The molecule has 36 heavy (non-hydrogen) atoms. The Balaban J connectivity index is 1.71. The molecule has 1 unspecified atom stereocenters. The smallest absolute Gasteiger partial charge is 0.302 e. The summed E-state index contributed by atoms with van der Waals surface area (Å²) in [7, 11) is 0. The van der Waals surface area contributed by atoms with E-state index in [0.717, 1.165) is 12.8 Å². The molecule has 3 rings (SSSR count). The summed E-state index contributed by atoms with van der Waals surface area (Å²) in [4.78, 5) is 23.5. The van der Waals surface area contributed by atoms with Gasteiger partial charge >= 0.3 is 5.91 Å². The number of amides is 1. The lowest BCUT2D eigenvalue weighted by atomic mass is 10.1. The molecule has 3 heterocycles. The van der Waals surface area contributed by atoms with Crippen LogP contribution in [0.1, 0.15) is 87.5 Å². The SMILES string of the molecule is [C-]#[N+]C(C)C(=O)NCCc1ccc(-c2cc(CCCCCC)c(-c3ccc(CCCCCC)s3)s2)s1. The van der Waals surface area contributed by atoms with Crippen molar-refractivity contribution in [2.24, 2.45) is 0 Å². The Kier molecular flexibility index (Phi) is 12.2. The zero-order valence-electron chi connectivity index (χ0n) is 22.0. The number of hydrogen-bond donors (Lipinski definition) is 1. The highest BCUT2D eigenvalue weighted by Crippen LogP contribution is 2.43. The van der Waals surface area contributed by atoms with Crippen LogP contribution in [-0.4, -0.2) is 18.5 Å². The quantitative estimate of drug-likeness (QED) is 0.142. The fraction of sp³-hybridized carbons (Fsp3) is 0.533. The van der Waals surface area contributed by atoms with Crippen molar-refractivity contribution >= 4 is 39.9 Å². The zero-order chi connectivity index (χ0) is 25.8. The van der Waals surface area contributed by atoms with Crippen molar-refractivity contribution in [2.75, 3.05) is 6.54 Å². The van der Waals surface area contributed by atoms with Gasteiger partial charge in [0, 0.05) is 42.7 Å². The molecule has 0 aliphatic rings. The van der Waals surface area contributed by atoms with Crippen LogP contribution in [0.3, 0.4) is 0 Å². The van der Waals surface area contributed by atoms with Gasteiger partial charge in [-0.1, -0.05) is 52.4 Å². The van der Waals surface area contributed by atoms with Gasteiger partial charge in [0.2, 0.25) is 0 Å². The third-order valence-corrected chi connectivity index (χ3v) is 10.3. The maximum Gasteiger partial charge on any atom is 0.302 e. The number of nitrogens with zero attached hydrogens (tertiary/aromatic N) is 1. The van der Waals surface area contributed by atoms with Gasteiger partial charge in [-0.05, 0) is 68.0 Å². The van der Waals surface area contributed by atoms with Crippen molar-refractivity contribution in [2.45, 2.75) is 97.4 Å². The number of aryl methyl sites for hydroxylation is 2. The average molecular weight is 541 g/mol. The number of thiophene rings is 3. The largest absolute Gasteiger partial charge is 0.349 e. The van der Waals surface area contributed by atoms with E-state index in [1.54, 1.807) is 6.92 Å². The van der Waals surface area contributed by atoms with Gasteiger partial charge in [0.25, 0.3) is 6.04 Å². The van der Waals surface area contributed by atoms with Crippen molar-refractivity contribution in [1.82, 2.24) is 5.32 Å². The van der Waals surface area contributed by atoms with Crippen LogP contribution < -0.4 is 5.32 Å². The standard InChI is InChI=1S/C30H40N2OS3/c1-5-7-9-11-13-23-21-28(26-17-15-25(34-26)19-20-32-30(33)22(3)31-4)36-29(23)27-18-16-24(35-27)14-12-10-8-6-2/h15-18,21-22H,5-14,19-20H2,1-3H3,(H,32,33). The van der Waals surface area contributed by atoms with Crippen molar-refractivity contribution in [1.29, 1.82) is 0 Å². The molecule has 3 nitrogen and oxygen atoms in total. The maximum absolute atomic E-state index is 11.9. The lowest BCUT2D eigenvalue weighted by Gasteiger charge is -2.02. The zero-order valence-corrected chi connectivity index (χ0v) is 24.5. The van der Waals surface area contributed by atoms with Gasteiger partial charge < -0.3 is 10.2 Å². The molecule has 3 aromatic heterocycles. The predicted octanol–water partition coefficient (Wildman–Crippen LogP) is 9.42. The van der Waals surface area contributed by atoms with Gasteiger partial charge in [0.05, 0.1) is 0 Å². The summed E-state index contributed by atoms with van der Waals surface area (Å²) in [5, 5.41) is 2.88. The van der Waals surface area contributed by atoms with Crippen LogP contribution in [0.5, 0.6) is 0 Å². The number of hydrogen-bond acceptors (Lipinski definition) is 4. The van der Waals surface area contributed by atoms with E-state index in [0.29, 0.717) is 6.54 Å². The predicted molar refractivity (Wildman–Crippen MR) is 159 cm³/mol. The van der Waals surface area contributed by atoms with Crippen LogP contribution in [0.4, 0.5) is 0 Å². The molecule has 0 saturated carbocycles. The molecular formula is C30H40N2OS3. The number of rotatable bonds is 16. The molecule has 1 amide bonds. The van der Waals surface area contributed by atoms with E-state index in [1.807, 2.05) is 34.0 Å². The molecule has 0 aliphatic carbocycles. The van der Waals surface area contributed by atoms with Gasteiger partial charge in [-0.25, -0.2) is 6.57 Å². The van der Waals surface area contributed by atoms with Gasteiger partial charge in [0.1, 0.15) is 0 Å². The molecule has 6 heteroatoms. The van der Waals surface area contributed by atoms with E-state index in [-0.39, 0.29) is 5.91 Å². The Labute approximate surface area is 229 Å². The molecule has 194 valence electrons.